The van der Waals surface area contributed by atoms with E-state index in [1.54, 1.807) is 25.1 Å². The van der Waals surface area contributed by atoms with Crippen LogP contribution in [0.15, 0.2) is 53.5 Å². The summed E-state index contributed by atoms with van der Waals surface area (Å²) in [6, 6.07) is 16.2. The lowest BCUT2D eigenvalue weighted by atomic mass is 9.97. The van der Waals surface area contributed by atoms with Crippen LogP contribution in [-0.2, 0) is 14.3 Å². The van der Waals surface area contributed by atoms with E-state index in [1.165, 1.54) is 4.90 Å². The zero-order valence-corrected chi connectivity index (χ0v) is 17.5. The normalized spacial score (nSPS) is 16.7. The van der Waals surface area contributed by atoms with Crippen molar-refractivity contribution in [2.75, 3.05) is 18.1 Å². The first kappa shape index (κ1) is 21.3. The molecule has 0 saturated heterocycles. The second-order valence-corrected chi connectivity index (χ2v) is 7.25. The molecule has 1 aliphatic heterocycles. The van der Waals surface area contributed by atoms with Crippen LogP contribution in [0.2, 0.25) is 0 Å². The van der Waals surface area contributed by atoms with Crippen LogP contribution in [0.3, 0.4) is 0 Å². The Morgan fingerprint density at radius 2 is 1.97 bits per heavy atom. The van der Waals surface area contributed by atoms with Crippen LogP contribution in [-0.4, -0.2) is 36.8 Å². The summed E-state index contributed by atoms with van der Waals surface area (Å²) in [5, 5.41) is 9.43. The molecular weight excluding hydrogens is 378 g/mol. The number of benzene rings is 2. The number of fused-ring (bicyclic) bond motifs is 1. The van der Waals surface area contributed by atoms with Crippen molar-refractivity contribution in [2.24, 2.45) is 10.9 Å². The molecule has 6 nitrogen and oxygen atoms in total. The molecule has 0 radical (unpaired) electrons. The summed E-state index contributed by atoms with van der Waals surface area (Å²) >= 11 is 0. The fraction of sp³-hybridized carbons (Fsp3) is 0.333. The van der Waals surface area contributed by atoms with Crippen LogP contribution < -0.4 is 4.90 Å². The Morgan fingerprint density at radius 3 is 2.60 bits per heavy atom. The third-order valence-electron chi connectivity index (χ3n) is 5.28. The molecule has 1 heterocycles. The molecule has 0 spiro atoms. The number of carbonyl (C=O) groups excluding carboxylic acids is 2. The number of nitriles is 1. The Bertz CT molecular complexity index is 1010. The zero-order chi connectivity index (χ0) is 21.7. The van der Waals surface area contributed by atoms with Gasteiger partial charge < -0.3 is 4.74 Å². The van der Waals surface area contributed by atoms with E-state index >= 15 is 0 Å². The lowest BCUT2D eigenvalue weighted by Crippen LogP contribution is -2.43. The van der Waals surface area contributed by atoms with Crippen molar-refractivity contribution in [3.63, 3.8) is 0 Å². The number of aliphatic imine (C=N–C) groups is 1. The van der Waals surface area contributed by atoms with Crippen molar-refractivity contribution in [3.05, 3.63) is 65.2 Å². The summed E-state index contributed by atoms with van der Waals surface area (Å²) in [4.78, 5) is 32.2. The molecule has 0 aromatic heterocycles. The van der Waals surface area contributed by atoms with Gasteiger partial charge >= 0.3 is 5.97 Å². The molecule has 2 aromatic carbocycles. The predicted octanol–water partition coefficient (Wildman–Crippen LogP) is 3.72. The molecule has 1 amide bonds. The van der Waals surface area contributed by atoms with Gasteiger partial charge in [0.1, 0.15) is 12.6 Å². The molecule has 3 rings (SSSR count). The molecule has 0 bridgehead atoms. The number of rotatable bonds is 6. The fourth-order valence-electron chi connectivity index (χ4n) is 3.49. The Labute approximate surface area is 176 Å². The number of esters is 1. The Hall–Kier alpha value is -3.46. The molecule has 0 aliphatic carbocycles. The van der Waals surface area contributed by atoms with Gasteiger partial charge in [0, 0.05) is 11.1 Å². The Balaban J connectivity index is 2.24. The first-order valence-electron chi connectivity index (χ1n) is 10.1. The smallest absolute Gasteiger partial charge is 0.326 e. The highest BCUT2D eigenvalue weighted by atomic mass is 16.5. The van der Waals surface area contributed by atoms with E-state index in [2.05, 4.69) is 6.07 Å². The van der Waals surface area contributed by atoms with Gasteiger partial charge in [0.2, 0.25) is 0 Å². The Kier molecular flexibility index (Phi) is 6.63. The quantitative estimate of drug-likeness (QED) is 0.688. The van der Waals surface area contributed by atoms with E-state index in [-0.39, 0.29) is 25.0 Å². The molecule has 0 saturated carbocycles. The summed E-state index contributed by atoms with van der Waals surface area (Å²) < 4.78 is 5.10. The van der Waals surface area contributed by atoms with Gasteiger partial charge in [-0.1, -0.05) is 50.6 Å². The number of ether oxygens (including phenoxy) is 1. The highest BCUT2D eigenvalue weighted by Crippen LogP contribution is 2.31. The van der Waals surface area contributed by atoms with Crippen LogP contribution in [0.5, 0.6) is 0 Å². The lowest BCUT2D eigenvalue weighted by Gasteiger charge is -2.26. The van der Waals surface area contributed by atoms with Gasteiger partial charge in [0.25, 0.3) is 5.91 Å². The van der Waals surface area contributed by atoms with Gasteiger partial charge in [-0.25, -0.2) is 0 Å². The van der Waals surface area contributed by atoms with Crippen molar-refractivity contribution >= 4 is 23.3 Å². The van der Waals surface area contributed by atoms with Gasteiger partial charge in [0.05, 0.1) is 29.6 Å². The molecule has 2 atom stereocenters. The number of carbonyl (C=O) groups is 2. The van der Waals surface area contributed by atoms with E-state index in [9.17, 15) is 14.9 Å². The predicted molar refractivity (Wildman–Crippen MR) is 115 cm³/mol. The minimum absolute atomic E-state index is 0.0225. The number of hydrogen-bond donors (Lipinski definition) is 0. The molecule has 1 unspecified atom stereocenters. The molecule has 0 fully saturated rings. The summed E-state index contributed by atoms with van der Waals surface area (Å²) in [7, 11) is 0. The maximum Gasteiger partial charge on any atom is 0.326 e. The first-order chi connectivity index (χ1) is 14.5. The largest absolute Gasteiger partial charge is 0.465 e. The molecule has 2 aromatic rings. The molecular formula is C24H25N3O3. The lowest BCUT2D eigenvalue weighted by molar-refractivity contribution is -0.142. The zero-order valence-electron chi connectivity index (χ0n) is 17.5. The monoisotopic (exact) mass is 403 g/mol. The average molecular weight is 403 g/mol. The van der Waals surface area contributed by atoms with Gasteiger partial charge in [-0.2, -0.15) is 5.26 Å². The van der Waals surface area contributed by atoms with E-state index < -0.39 is 12.0 Å². The summed E-state index contributed by atoms with van der Waals surface area (Å²) in [5.41, 5.74) is 3.17. The van der Waals surface area contributed by atoms with Gasteiger partial charge in [-0.05, 0) is 31.0 Å². The average Bonchev–Trinajstić information content (AvgIpc) is 2.88. The summed E-state index contributed by atoms with van der Waals surface area (Å²) in [6.07, 6.45) is 0.759. The molecule has 1 aliphatic rings. The number of amides is 1. The van der Waals surface area contributed by atoms with E-state index in [0.29, 0.717) is 22.5 Å². The summed E-state index contributed by atoms with van der Waals surface area (Å²) in [6.45, 7) is 5.76. The van der Waals surface area contributed by atoms with Crippen molar-refractivity contribution in [1.29, 1.82) is 5.26 Å². The van der Waals surface area contributed by atoms with E-state index in [0.717, 1.165) is 12.0 Å². The SMILES string of the molecule is CCOC(=O)CN1C(=O)[C@H](C(C)CC)N=C(c2ccccc2)c2cc(C#N)ccc21. The van der Waals surface area contributed by atoms with Crippen LogP contribution in [0.25, 0.3) is 0 Å². The van der Waals surface area contributed by atoms with Gasteiger partial charge in [0.15, 0.2) is 0 Å². The van der Waals surface area contributed by atoms with Gasteiger partial charge in [-0.15, -0.1) is 0 Å². The van der Waals surface area contributed by atoms with Crippen LogP contribution >= 0.6 is 0 Å². The molecule has 0 N–H and O–H groups in total. The van der Waals surface area contributed by atoms with Gasteiger partial charge in [-0.3, -0.25) is 19.5 Å². The fourth-order valence-corrected chi connectivity index (χ4v) is 3.49. The van der Waals surface area contributed by atoms with Crippen LogP contribution in [0.1, 0.15) is 43.9 Å². The van der Waals surface area contributed by atoms with Crippen LogP contribution in [0, 0.1) is 17.2 Å². The van der Waals surface area contributed by atoms with E-state index in [4.69, 9.17) is 9.73 Å². The number of hydrogen-bond acceptors (Lipinski definition) is 5. The second kappa shape index (κ2) is 9.36. The highest BCUT2D eigenvalue weighted by Gasteiger charge is 2.35. The number of nitrogens with zero attached hydrogens (tertiary/aromatic N) is 3. The minimum atomic E-state index is -0.641. The maximum absolute atomic E-state index is 13.5. The van der Waals surface area contributed by atoms with Crippen molar-refractivity contribution in [2.45, 2.75) is 33.2 Å². The maximum atomic E-state index is 13.5. The first-order valence-corrected chi connectivity index (χ1v) is 10.1. The van der Waals surface area contributed by atoms with Crippen molar-refractivity contribution < 1.29 is 14.3 Å². The van der Waals surface area contributed by atoms with Crippen molar-refractivity contribution in [3.8, 4) is 6.07 Å². The Morgan fingerprint density at radius 1 is 1.23 bits per heavy atom. The third kappa shape index (κ3) is 4.25. The van der Waals surface area contributed by atoms with Crippen LogP contribution in [0.4, 0.5) is 5.69 Å². The number of anilines is 1. The number of benzodiazepines with no additional fused rings is 1. The van der Waals surface area contributed by atoms with E-state index in [1.807, 2.05) is 44.2 Å². The van der Waals surface area contributed by atoms with Crippen molar-refractivity contribution in [1.82, 2.24) is 0 Å². The molecule has 30 heavy (non-hydrogen) atoms. The standard InChI is InChI=1S/C24H25N3O3/c1-4-16(3)22-24(29)27(15-21(28)30-5-2)20-12-11-17(14-25)13-19(20)23(26-22)18-9-7-6-8-10-18/h6-13,16,22H,4-5,15H2,1-3H3/t16?,22-/m0/s1. The third-order valence-corrected chi connectivity index (χ3v) is 5.28. The second-order valence-electron chi connectivity index (χ2n) is 7.25. The minimum Gasteiger partial charge on any atom is -0.465 e. The summed E-state index contributed by atoms with van der Waals surface area (Å²) in [5.74, 6) is -0.743. The topological polar surface area (TPSA) is 82.8 Å². The molecule has 154 valence electrons. The highest BCUT2D eigenvalue weighted by molar-refractivity contribution is 6.20. The molecule has 6 heteroatoms.